The zero-order chi connectivity index (χ0) is 21.8. The number of rotatable bonds is 8. The van der Waals surface area contributed by atoms with Crippen molar-refractivity contribution in [1.29, 1.82) is 5.26 Å². The summed E-state index contributed by atoms with van der Waals surface area (Å²) in [6, 6.07) is 13.3. The molecule has 2 atom stereocenters. The number of halogens is 1. The maximum absolute atomic E-state index is 12.3. The first-order chi connectivity index (χ1) is 14.3. The van der Waals surface area contributed by atoms with E-state index in [1.54, 1.807) is 12.3 Å². The zero-order valence-electron chi connectivity index (χ0n) is 15.9. The van der Waals surface area contributed by atoms with Crippen LogP contribution in [0.25, 0.3) is 16.5 Å². The maximum Gasteiger partial charge on any atom is 0.309 e. The molecule has 2 aromatic carbocycles. The van der Waals surface area contributed by atoms with Crippen LogP contribution in [0.15, 0.2) is 52.4 Å². The second-order valence-electron chi connectivity index (χ2n) is 6.71. The van der Waals surface area contributed by atoms with Gasteiger partial charge in [-0.15, -0.1) is 0 Å². The Hall–Kier alpha value is -2.67. The van der Waals surface area contributed by atoms with Gasteiger partial charge in [0.15, 0.2) is 5.16 Å². The highest BCUT2D eigenvalue weighted by Crippen LogP contribution is 2.32. The molecule has 0 saturated heterocycles. The summed E-state index contributed by atoms with van der Waals surface area (Å²) in [7, 11) is 0. The Bertz CT molecular complexity index is 1150. The number of carbonyl (C=O) groups is 2. The number of hydrogen-bond acceptors (Lipinski definition) is 6. The second-order valence-corrected chi connectivity index (χ2v) is 8.46. The summed E-state index contributed by atoms with van der Waals surface area (Å²) in [5, 5.41) is 30.3. The lowest BCUT2D eigenvalue weighted by Crippen LogP contribution is -2.28. The van der Waals surface area contributed by atoms with Crippen LogP contribution in [0.1, 0.15) is 18.9 Å². The molecule has 9 heteroatoms. The maximum atomic E-state index is 12.3. The van der Waals surface area contributed by atoms with Gasteiger partial charge in [-0.25, -0.2) is 4.98 Å². The number of aliphatic hydroxyl groups is 1. The third kappa shape index (κ3) is 4.56. The second kappa shape index (κ2) is 9.43. The summed E-state index contributed by atoms with van der Waals surface area (Å²) in [6.07, 6.45) is 0.259. The molecule has 0 radical (unpaired) electrons. The molecular weight excluding hydrogens is 470 g/mol. The summed E-state index contributed by atoms with van der Waals surface area (Å²) >= 11 is 4.67. The number of nitriles is 1. The number of aliphatic hydroxyl groups excluding tert-OH is 1. The number of fused-ring (bicyclic) bond motifs is 1. The third-order valence-corrected chi connectivity index (χ3v) is 6.23. The summed E-state index contributed by atoms with van der Waals surface area (Å²) in [4.78, 5) is 27.9. The van der Waals surface area contributed by atoms with Crippen molar-refractivity contribution in [3.63, 3.8) is 0 Å². The molecule has 0 amide bonds. The van der Waals surface area contributed by atoms with Gasteiger partial charge < -0.3 is 10.2 Å². The molecule has 0 saturated carbocycles. The van der Waals surface area contributed by atoms with E-state index in [1.807, 2.05) is 34.9 Å². The number of aliphatic carboxylic acids is 1. The van der Waals surface area contributed by atoms with Crippen molar-refractivity contribution in [2.45, 2.75) is 24.6 Å². The Kier molecular flexibility index (Phi) is 6.92. The molecule has 3 aromatic rings. The number of carboxylic acids is 1. The van der Waals surface area contributed by atoms with E-state index in [9.17, 15) is 20.0 Å². The van der Waals surface area contributed by atoms with Gasteiger partial charge in [-0.1, -0.05) is 36.0 Å². The Balaban J connectivity index is 1.89. The van der Waals surface area contributed by atoms with Gasteiger partial charge in [-0.05, 0) is 35.0 Å². The molecule has 30 heavy (non-hydrogen) atoms. The van der Waals surface area contributed by atoms with Crippen molar-refractivity contribution in [3.8, 4) is 11.8 Å². The van der Waals surface area contributed by atoms with Crippen LogP contribution in [0, 0.1) is 17.2 Å². The minimum atomic E-state index is -1.20. The Labute approximate surface area is 185 Å². The number of Topliss-reactive ketones (excluding diaryl/α,β-unsaturated/α-hetero) is 1. The number of carboxylic acid groups (broad SMARTS) is 1. The fraction of sp³-hybridized carbons (Fsp3) is 0.238. The van der Waals surface area contributed by atoms with E-state index in [0.717, 1.165) is 16.5 Å². The number of carbonyl (C=O) groups excluding carboxylic acids is 1. The summed E-state index contributed by atoms with van der Waals surface area (Å²) < 4.78 is 2.52. The topological polar surface area (TPSA) is 116 Å². The number of nitrogens with zero attached hydrogens (tertiary/aromatic N) is 3. The molecule has 2 unspecified atom stereocenters. The molecule has 1 aromatic heterocycles. The fourth-order valence-corrected chi connectivity index (χ4v) is 4.56. The van der Waals surface area contributed by atoms with Gasteiger partial charge in [0.1, 0.15) is 10.4 Å². The molecule has 0 spiro atoms. The van der Waals surface area contributed by atoms with Crippen LogP contribution >= 0.6 is 27.7 Å². The van der Waals surface area contributed by atoms with Crippen LogP contribution in [-0.4, -0.2) is 43.4 Å². The minimum Gasteiger partial charge on any atom is -0.481 e. The molecule has 7 nitrogen and oxygen atoms in total. The average Bonchev–Trinajstić information content (AvgIpc) is 3.09. The summed E-state index contributed by atoms with van der Waals surface area (Å²) in [5.41, 5.74) is 1.36. The largest absolute Gasteiger partial charge is 0.481 e. The van der Waals surface area contributed by atoms with Crippen molar-refractivity contribution >= 4 is 50.2 Å². The smallest absolute Gasteiger partial charge is 0.309 e. The fourth-order valence-electron chi connectivity index (χ4n) is 3.12. The number of aromatic nitrogens is 2. The van der Waals surface area contributed by atoms with Crippen molar-refractivity contribution in [1.82, 2.24) is 9.55 Å². The number of thioether (sulfide) groups is 1. The lowest BCUT2D eigenvalue weighted by atomic mass is 9.98. The highest BCUT2D eigenvalue weighted by molar-refractivity contribution is 9.10. The van der Waals surface area contributed by atoms with Crippen molar-refractivity contribution < 1.29 is 19.8 Å². The van der Waals surface area contributed by atoms with Crippen LogP contribution < -0.4 is 0 Å². The highest BCUT2D eigenvalue weighted by atomic mass is 79.9. The molecule has 0 bridgehead atoms. The standard InChI is InChI=1S/C21H18BrN3O4S/c1-12(26)17(20(28)29)8-14(27)11-30-21-24-10-19(22)25(21)18-7-6-13(9-23)15-4-2-3-5-16(15)18/h2-7,10,12,17,26H,8,11H2,1H3,(H,28,29). The molecular formula is C21H18BrN3O4S. The number of ketones is 1. The Morgan fingerprint density at radius 3 is 2.60 bits per heavy atom. The van der Waals surface area contributed by atoms with Crippen LogP contribution in [0.5, 0.6) is 0 Å². The molecule has 0 aliphatic carbocycles. The molecule has 2 N–H and O–H groups in total. The minimum absolute atomic E-state index is 0.0220. The molecule has 1 heterocycles. The van der Waals surface area contributed by atoms with E-state index in [-0.39, 0.29) is 18.0 Å². The Morgan fingerprint density at radius 1 is 1.27 bits per heavy atom. The SMILES string of the molecule is CC(O)C(CC(=O)CSc1ncc(Br)n1-c1ccc(C#N)c2ccccc12)C(=O)O. The third-order valence-electron chi connectivity index (χ3n) is 4.66. The first kappa shape index (κ1) is 22.0. The quantitative estimate of drug-likeness (QED) is 0.464. The normalized spacial score (nSPS) is 13.0. The summed E-state index contributed by atoms with van der Waals surface area (Å²) in [6.45, 7) is 1.36. The van der Waals surface area contributed by atoms with E-state index in [0.29, 0.717) is 15.3 Å². The van der Waals surface area contributed by atoms with Crippen molar-refractivity contribution in [2.24, 2.45) is 5.92 Å². The van der Waals surface area contributed by atoms with E-state index < -0.39 is 18.0 Å². The molecule has 0 aliphatic rings. The van der Waals surface area contributed by atoms with Gasteiger partial charge >= 0.3 is 5.97 Å². The van der Waals surface area contributed by atoms with Crippen LogP contribution in [-0.2, 0) is 9.59 Å². The van der Waals surface area contributed by atoms with Gasteiger partial charge in [0.25, 0.3) is 0 Å². The van der Waals surface area contributed by atoms with Crippen LogP contribution in [0.4, 0.5) is 0 Å². The number of hydrogen-bond donors (Lipinski definition) is 2. The predicted octanol–water partition coefficient (Wildman–Crippen LogP) is 3.79. The molecule has 0 aliphatic heterocycles. The molecule has 3 rings (SSSR count). The van der Waals surface area contributed by atoms with Gasteiger partial charge in [-0.2, -0.15) is 5.26 Å². The lowest BCUT2D eigenvalue weighted by Gasteiger charge is -2.15. The van der Waals surface area contributed by atoms with E-state index in [1.165, 1.54) is 18.7 Å². The van der Waals surface area contributed by atoms with Crippen LogP contribution in [0.2, 0.25) is 0 Å². The van der Waals surface area contributed by atoms with Crippen molar-refractivity contribution in [2.75, 3.05) is 5.75 Å². The van der Waals surface area contributed by atoms with E-state index in [2.05, 4.69) is 27.0 Å². The van der Waals surface area contributed by atoms with Crippen molar-refractivity contribution in [3.05, 3.63) is 52.8 Å². The predicted molar refractivity (Wildman–Crippen MR) is 117 cm³/mol. The monoisotopic (exact) mass is 487 g/mol. The number of benzene rings is 2. The number of imidazole rings is 1. The lowest BCUT2D eigenvalue weighted by molar-refractivity contribution is -0.147. The van der Waals surface area contributed by atoms with E-state index in [4.69, 9.17) is 5.11 Å². The zero-order valence-corrected chi connectivity index (χ0v) is 18.4. The van der Waals surface area contributed by atoms with Gasteiger partial charge in [0.05, 0.1) is 41.3 Å². The van der Waals surface area contributed by atoms with Crippen LogP contribution in [0.3, 0.4) is 0 Å². The summed E-state index contributed by atoms with van der Waals surface area (Å²) in [5.74, 6) is -2.60. The van der Waals surface area contributed by atoms with Gasteiger partial charge in [0, 0.05) is 17.2 Å². The first-order valence-corrected chi connectivity index (χ1v) is 10.8. The molecule has 154 valence electrons. The van der Waals surface area contributed by atoms with Gasteiger partial charge in [0.2, 0.25) is 0 Å². The van der Waals surface area contributed by atoms with Gasteiger partial charge in [-0.3, -0.25) is 14.2 Å². The first-order valence-electron chi connectivity index (χ1n) is 9.04. The average molecular weight is 488 g/mol. The molecule has 0 fully saturated rings. The highest BCUT2D eigenvalue weighted by Gasteiger charge is 2.26. The Morgan fingerprint density at radius 2 is 1.97 bits per heavy atom. The van der Waals surface area contributed by atoms with E-state index >= 15 is 0 Å².